The number of amides is 2. The van der Waals surface area contributed by atoms with Crippen molar-refractivity contribution in [1.29, 1.82) is 0 Å². The molecule has 0 aliphatic rings. The summed E-state index contributed by atoms with van der Waals surface area (Å²) < 4.78 is 32.1. The molecule has 0 aliphatic carbocycles. The number of halogens is 2. The van der Waals surface area contributed by atoms with Gasteiger partial charge in [-0.3, -0.25) is 24.1 Å². The van der Waals surface area contributed by atoms with Gasteiger partial charge in [0.2, 0.25) is 0 Å². The van der Waals surface area contributed by atoms with Crippen molar-refractivity contribution in [1.82, 2.24) is 29.8 Å². The lowest BCUT2D eigenvalue weighted by Gasteiger charge is -2.09. The van der Waals surface area contributed by atoms with Crippen LogP contribution in [-0.2, 0) is 13.6 Å². The van der Waals surface area contributed by atoms with Crippen LogP contribution in [0.25, 0.3) is 11.3 Å². The van der Waals surface area contributed by atoms with Crippen LogP contribution >= 0.6 is 0 Å². The van der Waals surface area contributed by atoms with Gasteiger partial charge >= 0.3 is 6.61 Å². The molecule has 4 aromatic rings. The molecule has 0 unspecified atom stereocenters. The number of benzene rings is 1. The number of aromatic nitrogens is 6. The summed E-state index contributed by atoms with van der Waals surface area (Å²) in [6.45, 7) is 1.13. The molecule has 0 saturated heterocycles. The van der Waals surface area contributed by atoms with Gasteiger partial charge in [0.25, 0.3) is 11.8 Å². The van der Waals surface area contributed by atoms with Gasteiger partial charge in [-0.25, -0.2) is 0 Å². The first-order chi connectivity index (χ1) is 16.8. The molecule has 3 N–H and O–H groups in total. The van der Waals surface area contributed by atoms with E-state index in [-0.39, 0.29) is 22.8 Å². The van der Waals surface area contributed by atoms with Crippen molar-refractivity contribution in [3.05, 3.63) is 59.8 Å². The zero-order chi connectivity index (χ0) is 25.1. The highest BCUT2D eigenvalue weighted by Gasteiger charge is 2.22. The molecule has 3 heterocycles. The first-order valence-electron chi connectivity index (χ1n) is 10.5. The first-order valence-corrected chi connectivity index (χ1v) is 10.5. The van der Waals surface area contributed by atoms with E-state index in [4.69, 9.17) is 0 Å². The number of nitrogens with zero attached hydrogens (tertiary/aromatic N) is 5. The molecule has 0 bridgehead atoms. The molecule has 182 valence electrons. The van der Waals surface area contributed by atoms with E-state index in [1.54, 1.807) is 23.9 Å². The van der Waals surface area contributed by atoms with Crippen LogP contribution < -0.4 is 15.4 Å². The molecule has 0 radical (unpaired) electrons. The second kappa shape index (κ2) is 9.75. The van der Waals surface area contributed by atoms with Crippen molar-refractivity contribution in [3.63, 3.8) is 0 Å². The summed E-state index contributed by atoms with van der Waals surface area (Å²) >= 11 is 0. The fourth-order valence-corrected chi connectivity index (χ4v) is 3.34. The zero-order valence-electron chi connectivity index (χ0n) is 19.0. The van der Waals surface area contributed by atoms with Crippen molar-refractivity contribution < 1.29 is 23.1 Å². The normalized spacial score (nSPS) is 11.0. The monoisotopic (exact) mass is 484 g/mol. The third kappa shape index (κ3) is 5.03. The number of nitrogens with one attached hydrogen (secondary N) is 3. The Hall–Kier alpha value is -4.55. The van der Waals surface area contributed by atoms with Crippen molar-refractivity contribution in [2.45, 2.75) is 27.0 Å². The number of ether oxygens (including phenoxy) is 1. The number of aryl methyl sites for hydroxylation is 2. The highest BCUT2D eigenvalue weighted by Crippen LogP contribution is 2.24. The molecule has 1 aromatic carbocycles. The van der Waals surface area contributed by atoms with Crippen LogP contribution in [0.3, 0.4) is 0 Å². The van der Waals surface area contributed by atoms with E-state index in [1.807, 2.05) is 13.8 Å². The fraction of sp³-hybridized carbons (Fsp3) is 0.227. The Morgan fingerprint density at radius 1 is 1.09 bits per heavy atom. The van der Waals surface area contributed by atoms with Crippen LogP contribution in [0.5, 0.6) is 5.75 Å². The molecule has 0 aliphatic heterocycles. The number of hydrogen-bond donors (Lipinski definition) is 3. The number of aromatic amines is 1. The quantitative estimate of drug-likeness (QED) is 0.351. The lowest BCUT2D eigenvalue weighted by atomic mass is 10.1. The number of hydrogen-bond acceptors (Lipinski definition) is 6. The number of alkyl halides is 2. The summed E-state index contributed by atoms with van der Waals surface area (Å²) in [5.74, 6) is -0.978. The SMILES string of the molecule is CCn1ncc(NC(=O)c2cc(-c3ccc(OC(F)F)cc3)n[nH]2)c1C(=O)Nc1cnn(C)c1C. The third-order valence-electron chi connectivity index (χ3n) is 5.28. The Balaban J connectivity index is 1.51. The largest absolute Gasteiger partial charge is 0.435 e. The van der Waals surface area contributed by atoms with E-state index in [0.29, 0.717) is 23.5 Å². The molecule has 0 atom stereocenters. The molecule has 3 aromatic heterocycles. The molecule has 0 saturated carbocycles. The average Bonchev–Trinajstić information content (AvgIpc) is 3.55. The lowest BCUT2D eigenvalue weighted by Crippen LogP contribution is -2.21. The van der Waals surface area contributed by atoms with Crippen LogP contribution in [0.4, 0.5) is 20.2 Å². The number of rotatable bonds is 8. The van der Waals surface area contributed by atoms with Crippen LogP contribution in [0.1, 0.15) is 33.6 Å². The summed E-state index contributed by atoms with van der Waals surface area (Å²) in [5, 5.41) is 20.5. The second-order valence-electron chi connectivity index (χ2n) is 7.47. The highest BCUT2D eigenvalue weighted by atomic mass is 19.3. The maximum absolute atomic E-state index is 13.0. The Labute approximate surface area is 198 Å². The number of carbonyl (C=O) groups is 2. The average molecular weight is 484 g/mol. The molecule has 0 fully saturated rings. The second-order valence-corrected chi connectivity index (χ2v) is 7.47. The van der Waals surface area contributed by atoms with Gasteiger partial charge in [0, 0.05) is 19.2 Å². The van der Waals surface area contributed by atoms with E-state index in [2.05, 4.69) is 35.8 Å². The van der Waals surface area contributed by atoms with Gasteiger partial charge in [-0.15, -0.1) is 0 Å². The maximum Gasteiger partial charge on any atom is 0.387 e. The van der Waals surface area contributed by atoms with Crippen molar-refractivity contribution in [2.24, 2.45) is 7.05 Å². The van der Waals surface area contributed by atoms with E-state index in [1.165, 1.54) is 35.3 Å². The van der Waals surface area contributed by atoms with Crippen LogP contribution in [0.15, 0.2) is 42.7 Å². The van der Waals surface area contributed by atoms with E-state index >= 15 is 0 Å². The summed E-state index contributed by atoms with van der Waals surface area (Å²) in [4.78, 5) is 25.9. The van der Waals surface area contributed by atoms with Gasteiger partial charge in [0.15, 0.2) is 0 Å². The molecule has 4 rings (SSSR count). The molecule has 35 heavy (non-hydrogen) atoms. The Morgan fingerprint density at radius 2 is 1.77 bits per heavy atom. The van der Waals surface area contributed by atoms with Crippen molar-refractivity contribution in [2.75, 3.05) is 10.6 Å². The highest BCUT2D eigenvalue weighted by molar-refractivity contribution is 6.11. The molecule has 0 spiro atoms. The molecule has 11 nitrogen and oxygen atoms in total. The number of carbonyl (C=O) groups excluding carboxylic acids is 2. The fourth-order valence-electron chi connectivity index (χ4n) is 3.34. The summed E-state index contributed by atoms with van der Waals surface area (Å²) in [5.41, 5.74) is 2.86. The molecule has 13 heteroatoms. The minimum atomic E-state index is -2.92. The van der Waals surface area contributed by atoms with E-state index in [9.17, 15) is 18.4 Å². The van der Waals surface area contributed by atoms with Gasteiger partial charge in [-0.05, 0) is 44.2 Å². The number of H-pyrrole nitrogens is 1. The standard InChI is InChI=1S/C22H22F2N8O3/c1-4-32-19(21(34)27-17-10-25-31(3)12(17)2)18(11-26-32)28-20(33)16-9-15(29-30-16)13-5-7-14(8-6-13)35-22(23)24/h5-11,22H,4H2,1-3H3,(H,27,34)(H,28,33)(H,29,30). The van der Waals surface area contributed by atoms with Gasteiger partial charge in [0.05, 0.1) is 35.2 Å². The van der Waals surface area contributed by atoms with Crippen LogP contribution in [-0.4, -0.2) is 48.2 Å². The molecule has 2 amide bonds. The van der Waals surface area contributed by atoms with E-state index in [0.717, 1.165) is 5.69 Å². The van der Waals surface area contributed by atoms with E-state index < -0.39 is 18.4 Å². The zero-order valence-corrected chi connectivity index (χ0v) is 19.0. The van der Waals surface area contributed by atoms with Gasteiger partial charge in [-0.1, -0.05) is 0 Å². The van der Waals surface area contributed by atoms with Crippen molar-refractivity contribution >= 4 is 23.2 Å². The third-order valence-corrected chi connectivity index (χ3v) is 5.28. The molecular formula is C22H22F2N8O3. The summed E-state index contributed by atoms with van der Waals surface area (Å²) in [7, 11) is 1.76. The minimum Gasteiger partial charge on any atom is -0.435 e. The Kier molecular flexibility index (Phi) is 6.57. The van der Waals surface area contributed by atoms with Crippen molar-refractivity contribution in [3.8, 4) is 17.0 Å². The van der Waals surface area contributed by atoms with Crippen LogP contribution in [0, 0.1) is 6.92 Å². The predicted octanol–water partition coefficient (Wildman–Crippen LogP) is 3.44. The van der Waals surface area contributed by atoms with Crippen LogP contribution in [0.2, 0.25) is 0 Å². The maximum atomic E-state index is 13.0. The number of anilines is 2. The summed E-state index contributed by atoms with van der Waals surface area (Å²) in [6.07, 6.45) is 2.93. The minimum absolute atomic E-state index is 0.0115. The van der Waals surface area contributed by atoms with Gasteiger partial charge < -0.3 is 15.4 Å². The van der Waals surface area contributed by atoms with Gasteiger partial charge in [0.1, 0.15) is 17.1 Å². The van der Waals surface area contributed by atoms with Gasteiger partial charge in [-0.2, -0.15) is 24.1 Å². The first kappa shape index (κ1) is 23.6. The molecular weight excluding hydrogens is 462 g/mol. The Morgan fingerprint density at radius 3 is 2.40 bits per heavy atom. The topological polar surface area (TPSA) is 132 Å². The predicted molar refractivity (Wildman–Crippen MR) is 122 cm³/mol. The summed E-state index contributed by atoms with van der Waals surface area (Å²) in [6, 6.07) is 7.35. The Bertz CT molecular complexity index is 1360. The smallest absolute Gasteiger partial charge is 0.387 e. The lowest BCUT2D eigenvalue weighted by molar-refractivity contribution is -0.0498.